The van der Waals surface area contributed by atoms with Crippen molar-refractivity contribution in [3.63, 3.8) is 0 Å². The van der Waals surface area contributed by atoms with Crippen LogP contribution in [0.3, 0.4) is 0 Å². The van der Waals surface area contributed by atoms with Crippen LogP contribution >= 0.6 is 15.9 Å². The highest BCUT2D eigenvalue weighted by Crippen LogP contribution is 2.21. The standard InChI is InChI=1S/C13H17BrFNO2/c1-3-7-13(2,12(17)18)16-8-9-5-4-6-10(15)11(9)14/h4-6,16H,3,7-8H2,1-2H3,(H,17,18). The Morgan fingerprint density at radius 1 is 1.56 bits per heavy atom. The van der Waals surface area contributed by atoms with Gasteiger partial charge in [-0.15, -0.1) is 0 Å². The van der Waals surface area contributed by atoms with E-state index in [9.17, 15) is 14.3 Å². The second-order valence-corrected chi connectivity index (χ2v) is 5.25. The number of aliphatic carboxylic acids is 1. The Balaban J connectivity index is 2.79. The van der Waals surface area contributed by atoms with E-state index in [1.54, 1.807) is 19.1 Å². The number of carboxylic acid groups (broad SMARTS) is 1. The molecule has 0 heterocycles. The maximum absolute atomic E-state index is 13.3. The van der Waals surface area contributed by atoms with Crippen LogP contribution in [-0.2, 0) is 11.3 Å². The fourth-order valence-corrected chi connectivity index (χ4v) is 2.15. The fraction of sp³-hybridized carbons (Fsp3) is 0.462. The van der Waals surface area contributed by atoms with Gasteiger partial charge in [-0.05, 0) is 40.9 Å². The van der Waals surface area contributed by atoms with Gasteiger partial charge < -0.3 is 5.11 Å². The van der Waals surface area contributed by atoms with E-state index in [-0.39, 0.29) is 5.82 Å². The van der Waals surface area contributed by atoms with Crippen molar-refractivity contribution in [2.45, 2.75) is 38.8 Å². The number of benzene rings is 1. The molecule has 0 bridgehead atoms. The van der Waals surface area contributed by atoms with Crippen molar-refractivity contribution in [1.82, 2.24) is 5.32 Å². The third-order valence-electron chi connectivity index (χ3n) is 2.92. The lowest BCUT2D eigenvalue weighted by molar-refractivity contribution is -0.144. The molecule has 0 aromatic heterocycles. The Hall–Kier alpha value is -0.940. The Bertz CT molecular complexity index is 439. The summed E-state index contributed by atoms with van der Waals surface area (Å²) in [6, 6.07) is 4.72. The molecular formula is C13H17BrFNO2. The largest absolute Gasteiger partial charge is 0.480 e. The minimum Gasteiger partial charge on any atom is -0.480 e. The molecule has 0 aliphatic rings. The lowest BCUT2D eigenvalue weighted by Crippen LogP contribution is -2.49. The van der Waals surface area contributed by atoms with E-state index in [1.165, 1.54) is 6.07 Å². The van der Waals surface area contributed by atoms with Gasteiger partial charge in [-0.1, -0.05) is 25.5 Å². The molecule has 0 saturated heterocycles. The number of carboxylic acids is 1. The SMILES string of the molecule is CCCC(C)(NCc1cccc(F)c1Br)C(=O)O. The molecule has 0 radical (unpaired) electrons. The first-order valence-corrected chi connectivity index (χ1v) is 6.61. The molecule has 0 amide bonds. The average Bonchev–Trinajstić information content (AvgIpc) is 2.31. The van der Waals surface area contributed by atoms with Crippen molar-refractivity contribution in [1.29, 1.82) is 0 Å². The Kier molecular flexibility index (Phi) is 5.28. The van der Waals surface area contributed by atoms with Gasteiger partial charge in [0.15, 0.2) is 0 Å². The molecule has 0 fully saturated rings. The second-order valence-electron chi connectivity index (χ2n) is 4.45. The molecule has 100 valence electrons. The number of nitrogens with one attached hydrogen (secondary N) is 1. The van der Waals surface area contributed by atoms with E-state index in [0.717, 1.165) is 6.42 Å². The number of rotatable bonds is 6. The third-order valence-corrected chi connectivity index (χ3v) is 3.81. The molecule has 0 aliphatic carbocycles. The summed E-state index contributed by atoms with van der Waals surface area (Å²) >= 11 is 3.16. The van der Waals surface area contributed by atoms with Crippen LogP contribution in [0.15, 0.2) is 22.7 Å². The molecule has 1 aromatic carbocycles. The second kappa shape index (κ2) is 6.29. The lowest BCUT2D eigenvalue weighted by atomic mass is 9.96. The van der Waals surface area contributed by atoms with E-state index in [2.05, 4.69) is 21.2 Å². The van der Waals surface area contributed by atoms with E-state index < -0.39 is 11.5 Å². The minimum atomic E-state index is -0.986. The summed E-state index contributed by atoms with van der Waals surface area (Å²) in [4.78, 5) is 11.2. The van der Waals surface area contributed by atoms with Gasteiger partial charge in [0.05, 0.1) is 4.47 Å². The first-order valence-electron chi connectivity index (χ1n) is 5.82. The Morgan fingerprint density at radius 2 is 2.22 bits per heavy atom. The summed E-state index contributed by atoms with van der Waals surface area (Å²) in [7, 11) is 0. The molecule has 18 heavy (non-hydrogen) atoms. The summed E-state index contributed by atoms with van der Waals surface area (Å²) in [6.45, 7) is 3.88. The van der Waals surface area contributed by atoms with Gasteiger partial charge in [-0.3, -0.25) is 10.1 Å². The summed E-state index contributed by atoms with van der Waals surface area (Å²) < 4.78 is 13.7. The summed E-state index contributed by atoms with van der Waals surface area (Å²) in [5.41, 5.74) is -0.279. The molecule has 0 saturated carbocycles. The number of hydrogen-bond acceptors (Lipinski definition) is 2. The molecule has 1 unspecified atom stereocenters. The van der Waals surface area contributed by atoms with Gasteiger partial charge >= 0.3 is 5.97 Å². The van der Waals surface area contributed by atoms with Crippen LogP contribution in [0.5, 0.6) is 0 Å². The summed E-state index contributed by atoms with van der Waals surface area (Å²) in [5, 5.41) is 12.2. The van der Waals surface area contributed by atoms with Crippen LogP contribution in [0.25, 0.3) is 0 Å². The maximum atomic E-state index is 13.3. The molecule has 0 spiro atoms. The monoisotopic (exact) mass is 317 g/mol. The molecule has 1 atom stereocenters. The van der Waals surface area contributed by atoms with Crippen LogP contribution < -0.4 is 5.32 Å². The van der Waals surface area contributed by atoms with Crippen LogP contribution in [0, 0.1) is 5.82 Å². The molecule has 0 aliphatic heterocycles. The normalized spacial score (nSPS) is 14.2. The summed E-state index contributed by atoms with van der Waals surface area (Å²) in [5.74, 6) is -1.24. The maximum Gasteiger partial charge on any atom is 0.323 e. The molecule has 2 N–H and O–H groups in total. The van der Waals surface area contributed by atoms with Crippen LogP contribution in [0.1, 0.15) is 32.3 Å². The number of halogens is 2. The van der Waals surface area contributed by atoms with Gasteiger partial charge in [0.2, 0.25) is 0 Å². The predicted molar refractivity (Wildman–Crippen MR) is 71.9 cm³/mol. The topological polar surface area (TPSA) is 49.3 Å². The fourth-order valence-electron chi connectivity index (χ4n) is 1.75. The molecular weight excluding hydrogens is 301 g/mol. The highest BCUT2D eigenvalue weighted by molar-refractivity contribution is 9.10. The Morgan fingerprint density at radius 3 is 2.78 bits per heavy atom. The Labute approximate surface area is 115 Å². The zero-order valence-corrected chi connectivity index (χ0v) is 12.1. The zero-order chi connectivity index (χ0) is 13.8. The first-order chi connectivity index (χ1) is 8.40. The van der Waals surface area contributed by atoms with E-state index in [0.29, 0.717) is 23.0 Å². The minimum absolute atomic E-state index is 0.307. The predicted octanol–water partition coefficient (Wildman–Crippen LogP) is 3.32. The van der Waals surface area contributed by atoms with Crippen molar-refractivity contribution < 1.29 is 14.3 Å². The van der Waals surface area contributed by atoms with E-state index in [1.807, 2.05) is 6.92 Å². The average molecular weight is 318 g/mol. The van der Waals surface area contributed by atoms with E-state index >= 15 is 0 Å². The van der Waals surface area contributed by atoms with Gasteiger partial charge in [0, 0.05) is 6.54 Å². The van der Waals surface area contributed by atoms with Crippen molar-refractivity contribution in [3.05, 3.63) is 34.1 Å². The van der Waals surface area contributed by atoms with Crippen molar-refractivity contribution in [3.8, 4) is 0 Å². The zero-order valence-electron chi connectivity index (χ0n) is 10.5. The lowest BCUT2D eigenvalue weighted by Gasteiger charge is -2.26. The van der Waals surface area contributed by atoms with Gasteiger partial charge in [0.1, 0.15) is 11.4 Å². The van der Waals surface area contributed by atoms with Gasteiger partial charge in [0.25, 0.3) is 0 Å². The quantitative estimate of drug-likeness (QED) is 0.846. The molecule has 1 rings (SSSR count). The smallest absolute Gasteiger partial charge is 0.323 e. The highest BCUT2D eigenvalue weighted by Gasteiger charge is 2.31. The van der Waals surface area contributed by atoms with Crippen molar-refractivity contribution >= 4 is 21.9 Å². The molecule has 1 aromatic rings. The summed E-state index contributed by atoms with van der Waals surface area (Å²) in [6.07, 6.45) is 1.29. The van der Waals surface area contributed by atoms with Crippen LogP contribution in [0.4, 0.5) is 4.39 Å². The number of hydrogen-bond donors (Lipinski definition) is 2. The third kappa shape index (κ3) is 3.53. The number of carbonyl (C=O) groups is 1. The molecule has 5 heteroatoms. The van der Waals surface area contributed by atoms with E-state index in [4.69, 9.17) is 0 Å². The first kappa shape index (κ1) is 15.1. The van der Waals surface area contributed by atoms with Gasteiger partial charge in [-0.25, -0.2) is 4.39 Å². The highest BCUT2D eigenvalue weighted by atomic mass is 79.9. The van der Waals surface area contributed by atoms with Crippen molar-refractivity contribution in [2.75, 3.05) is 0 Å². The van der Waals surface area contributed by atoms with Crippen molar-refractivity contribution in [2.24, 2.45) is 0 Å². The van der Waals surface area contributed by atoms with Crippen LogP contribution in [0.2, 0.25) is 0 Å². The molecule has 3 nitrogen and oxygen atoms in total. The van der Waals surface area contributed by atoms with Gasteiger partial charge in [-0.2, -0.15) is 0 Å². The van der Waals surface area contributed by atoms with Crippen LogP contribution in [-0.4, -0.2) is 16.6 Å².